The molecule has 0 heterocycles. The summed E-state index contributed by atoms with van der Waals surface area (Å²) >= 11 is 0. The highest BCUT2D eigenvalue weighted by Crippen LogP contribution is 2.31. The molecule has 1 aliphatic rings. The van der Waals surface area contributed by atoms with Gasteiger partial charge in [-0.25, -0.2) is 4.39 Å². The molecule has 1 aliphatic carbocycles. The molecule has 3 atom stereocenters. The van der Waals surface area contributed by atoms with Crippen LogP contribution in [0.5, 0.6) is 0 Å². The van der Waals surface area contributed by atoms with Crippen LogP contribution >= 0.6 is 0 Å². The van der Waals surface area contributed by atoms with Crippen molar-refractivity contribution in [2.75, 3.05) is 5.32 Å². The topological polar surface area (TPSA) is 12.0 Å². The summed E-state index contributed by atoms with van der Waals surface area (Å²) in [6, 6.07) is 5.77. The summed E-state index contributed by atoms with van der Waals surface area (Å²) in [5.41, 5.74) is 1.69. The molecule has 0 saturated heterocycles. The Morgan fingerprint density at radius 1 is 1.24 bits per heavy atom. The summed E-state index contributed by atoms with van der Waals surface area (Å²) in [7, 11) is 0. The summed E-state index contributed by atoms with van der Waals surface area (Å²) in [5.74, 6) is 1.38. The van der Waals surface area contributed by atoms with Crippen LogP contribution in [0.4, 0.5) is 10.1 Å². The molecule has 0 bridgehead atoms. The first-order chi connectivity index (χ1) is 8.08. The maximum atomic E-state index is 13.5. The summed E-state index contributed by atoms with van der Waals surface area (Å²) in [6.45, 7) is 6.45. The fraction of sp³-hybridized carbons (Fsp3) is 0.600. The Morgan fingerprint density at radius 2 is 2.00 bits per heavy atom. The van der Waals surface area contributed by atoms with Crippen molar-refractivity contribution in [2.45, 2.75) is 46.1 Å². The number of anilines is 1. The fourth-order valence-corrected chi connectivity index (χ4v) is 2.84. The van der Waals surface area contributed by atoms with Gasteiger partial charge < -0.3 is 5.32 Å². The van der Waals surface area contributed by atoms with E-state index in [2.05, 4.69) is 19.2 Å². The molecule has 1 nitrogen and oxygen atoms in total. The van der Waals surface area contributed by atoms with Gasteiger partial charge in [0.05, 0.1) is 0 Å². The van der Waals surface area contributed by atoms with E-state index < -0.39 is 0 Å². The monoisotopic (exact) mass is 235 g/mol. The second-order valence-corrected chi connectivity index (χ2v) is 5.56. The van der Waals surface area contributed by atoms with Crippen LogP contribution in [0, 0.1) is 24.6 Å². The van der Waals surface area contributed by atoms with Gasteiger partial charge >= 0.3 is 0 Å². The lowest BCUT2D eigenvalue weighted by atomic mass is 9.80. The van der Waals surface area contributed by atoms with Gasteiger partial charge in [0.15, 0.2) is 0 Å². The van der Waals surface area contributed by atoms with Gasteiger partial charge in [-0.3, -0.25) is 0 Å². The Bertz CT molecular complexity index is 389. The highest BCUT2D eigenvalue weighted by Gasteiger charge is 2.25. The van der Waals surface area contributed by atoms with Crippen molar-refractivity contribution in [3.63, 3.8) is 0 Å². The van der Waals surface area contributed by atoms with E-state index in [1.807, 2.05) is 13.0 Å². The van der Waals surface area contributed by atoms with Crippen LogP contribution in [0.3, 0.4) is 0 Å². The zero-order valence-corrected chi connectivity index (χ0v) is 11.0. The SMILES string of the molecule is Cc1c(F)cccc1NC1CCC(C)CC1C. The Labute approximate surface area is 103 Å². The molecule has 0 aromatic heterocycles. The van der Waals surface area contributed by atoms with Crippen molar-refractivity contribution in [3.05, 3.63) is 29.6 Å². The summed E-state index contributed by atoms with van der Waals surface area (Å²) in [4.78, 5) is 0. The first-order valence-corrected chi connectivity index (χ1v) is 6.59. The molecule has 2 heteroatoms. The maximum Gasteiger partial charge on any atom is 0.128 e. The van der Waals surface area contributed by atoms with Crippen molar-refractivity contribution in [2.24, 2.45) is 11.8 Å². The van der Waals surface area contributed by atoms with Crippen LogP contribution in [-0.4, -0.2) is 6.04 Å². The summed E-state index contributed by atoms with van der Waals surface area (Å²) in [6.07, 6.45) is 3.74. The second-order valence-electron chi connectivity index (χ2n) is 5.56. The van der Waals surface area contributed by atoms with E-state index in [4.69, 9.17) is 0 Å². The van der Waals surface area contributed by atoms with Gasteiger partial charge in [-0.05, 0) is 50.2 Å². The standard InChI is InChI=1S/C15H22FN/c1-10-7-8-14(11(2)9-10)17-15-6-4-5-13(16)12(15)3/h4-6,10-11,14,17H,7-9H2,1-3H3. The van der Waals surface area contributed by atoms with E-state index in [1.165, 1.54) is 25.3 Å². The van der Waals surface area contributed by atoms with E-state index in [1.54, 1.807) is 6.07 Å². The number of benzene rings is 1. The number of rotatable bonds is 2. The summed E-state index contributed by atoms with van der Waals surface area (Å²) < 4.78 is 13.5. The zero-order chi connectivity index (χ0) is 12.4. The predicted octanol–water partition coefficient (Wildman–Crippen LogP) is 4.37. The van der Waals surface area contributed by atoms with Gasteiger partial charge in [-0.1, -0.05) is 19.9 Å². The van der Waals surface area contributed by atoms with E-state index in [9.17, 15) is 4.39 Å². The average Bonchev–Trinajstić information content (AvgIpc) is 2.28. The third-order valence-electron chi connectivity index (χ3n) is 4.04. The Balaban J connectivity index is 2.08. The lowest BCUT2D eigenvalue weighted by Gasteiger charge is -2.34. The van der Waals surface area contributed by atoms with Crippen LogP contribution < -0.4 is 5.32 Å². The Hall–Kier alpha value is -1.05. The van der Waals surface area contributed by atoms with Gasteiger partial charge in [0.1, 0.15) is 5.82 Å². The van der Waals surface area contributed by atoms with E-state index in [0.717, 1.165) is 17.2 Å². The van der Waals surface area contributed by atoms with E-state index in [-0.39, 0.29) is 5.82 Å². The van der Waals surface area contributed by atoms with Gasteiger partial charge in [0.2, 0.25) is 0 Å². The van der Waals surface area contributed by atoms with Gasteiger partial charge in [0.25, 0.3) is 0 Å². The van der Waals surface area contributed by atoms with Gasteiger partial charge in [0, 0.05) is 17.3 Å². The highest BCUT2D eigenvalue weighted by atomic mass is 19.1. The molecule has 94 valence electrons. The van der Waals surface area contributed by atoms with Crippen molar-refractivity contribution in [1.29, 1.82) is 0 Å². The Kier molecular flexibility index (Phi) is 3.70. The molecular weight excluding hydrogens is 213 g/mol. The van der Waals surface area contributed by atoms with Crippen LogP contribution in [0.25, 0.3) is 0 Å². The minimum atomic E-state index is -0.119. The molecule has 0 aliphatic heterocycles. The quantitative estimate of drug-likeness (QED) is 0.802. The molecule has 0 spiro atoms. The minimum absolute atomic E-state index is 0.119. The first kappa shape index (κ1) is 12.4. The van der Waals surface area contributed by atoms with E-state index >= 15 is 0 Å². The lowest BCUT2D eigenvalue weighted by molar-refractivity contribution is 0.276. The number of hydrogen-bond donors (Lipinski definition) is 1. The molecule has 0 radical (unpaired) electrons. The molecule has 1 N–H and O–H groups in total. The first-order valence-electron chi connectivity index (χ1n) is 6.59. The Morgan fingerprint density at radius 3 is 2.71 bits per heavy atom. The maximum absolute atomic E-state index is 13.5. The lowest BCUT2D eigenvalue weighted by Crippen LogP contribution is -2.33. The van der Waals surface area contributed by atoms with Crippen LogP contribution in [0.15, 0.2) is 18.2 Å². The van der Waals surface area contributed by atoms with Crippen molar-refractivity contribution in [1.82, 2.24) is 0 Å². The van der Waals surface area contributed by atoms with Crippen molar-refractivity contribution < 1.29 is 4.39 Å². The van der Waals surface area contributed by atoms with Crippen LogP contribution in [0.1, 0.15) is 38.7 Å². The van der Waals surface area contributed by atoms with Crippen molar-refractivity contribution in [3.8, 4) is 0 Å². The molecule has 1 fully saturated rings. The average molecular weight is 235 g/mol. The molecule has 17 heavy (non-hydrogen) atoms. The third-order valence-corrected chi connectivity index (χ3v) is 4.04. The normalized spacial score (nSPS) is 29.1. The summed E-state index contributed by atoms with van der Waals surface area (Å²) in [5, 5.41) is 3.52. The molecule has 2 rings (SSSR count). The number of halogens is 1. The molecule has 1 aromatic rings. The molecule has 1 saturated carbocycles. The van der Waals surface area contributed by atoms with Gasteiger partial charge in [-0.15, -0.1) is 0 Å². The third kappa shape index (κ3) is 2.80. The number of hydrogen-bond acceptors (Lipinski definition) is 1. The van der Waals surface area contributed by atoms with Crippen LogP contribution in [-0.2, 0) is 0 Å². The molecule has 0 amide bonds. The molecular formula is C15H22FN. The smallest absolute Gasteiger partial charge is 0.128 e. The largest absolute Gasteiger partial charge is 0.382 e. The predicted molar refractivity (Wildman–Crippen MR) is 70.7 cm³/mol. The molecule has 3 unspecified atom stereocenters. The highest BCUT2D eigenvalue weighted by molar-refractivity contribution is 5.51. The zero-order valence-electron chi connectivity index (χ0n) is 11.0. The van der Waals surface area contributed by atoms with E-state index in [0.29, 0.717) is 12.0 Å². The fourth-order valence-electron chi connectivity index (χ4n) is 2.84. The van der Waals surface area contributed by atoms with Gasteiger partial charge in [-0.2, -0.15) is 0 Å². The number of nitrogens with one attached hydrogen (secondary N) is 1. The van der Waals surface area contributed by atoms with Crippen molar-refractivity contribution >= 4 is 5.69 Å². The molecule has 1 aromatic carbocycles. The minimum Gasteiger partial charge on any atom is -0.382 e. The van der Waals surface area contributed by atoms with Crippen LogP contribution in [0.2, 0.25) is 0 Å². The second kappa shape index (κ2) is 5.07.